The third-order valence-electron chi connectivity index (χ3n) is 4.83. The highest BCUT2D eigenvalue weighted by Crippen LogP contribution is 2.12. The van der Waals surface area contributed by atoms with Crippen LogP contribution in [0.15, 0.2) is 54.6 Å². The third-order valence-corrected chi connectivity index (χ3v) is 4.83. The van der Waals surface area contributed by atoms with Gasteiger partial charge in [0.1, 0.15) is 0 Å². The highest BCUT2D eigenvalue weighted by atomic mass is 16.2. The van der Waals surface area contributed by atoms with Crippen LogP contribution in [0, 0.1) is 0 Å². The fourth-order valence-electron chi connectivity index (χ4n) is 3.29. The number of piperidine rings is 1. The van der Waals surface area contributed by atoms with E-state index in [-0.39, 0.29) is 11.8 Å². The molecule has 1 heterocycles. The molecule has 0 aliphatic carbocycles. The number of anilines is 1. The molecule has 0 aromatic heterocycles. The zero-order chi connectivity index (χ0) is 18.9. The van der Waals surface area contributed by atoms with E-state index in [1.165, 1.54) is 32.4 Å². The average Bonchev–Trinajstić information content (AvgIpc) is 2.73. The smallest absolute Gasteiger partial charge is 0.255 e. The molecule has 0 unspecified atom stereocenters. The minimum atomic E-state index is -0.162. The van der Waals surface area contributed by atoms with Crippen LogP contribution in [0.1, 0.15) is 46.4 Å². The summed E-state index contributed by atoms with van der Waals surface area (Å²) in [4.78, 5) is 26.9. The summed E-state index contributed by atoms with van der Waals surface area (Å²) in [6.45, 7) is 4.10. The maximum Gasteiger partial charge on any atom is 0.255 e. The minimum absolute atomic E-state index is 0.0745. The van der Waals surface area contributed by atoms with Crippen LogP contribution in [0.3, 0.4) is 0 Å². The molecule has 5 heteroatoms. The molecular formula is C22H27N3O2. The Morgan fingerprint density at radius 1 is 0.815 bits per heavy atom. The second-order valence-electron chi connectivity index (χ2n) is 6.91. The lowest BCUT2D eigenvalue weighted by atomic mass is 10.1. The molecule has 5 nitrogen and oxygen atoms in total. The predicted molar refractivity (Wildman–Crippen MR) is 108 cm³/mol. The van der Waals surface area contributed by atoms with Crippen LogP contribution in [0.5, 0.6) is 0 Å². The number of benzene rings is 2. The first-order chi connectivity index (χ1) is 13.2. The Morgan fingerprint density at radius 3 is 2.19 bits per heavy atom. The molecule has 1 aliphatic heterocycles. The summed E-state index contributed by atoms with van der Waals surface area (Å²) in [7, 11) is 0. The van der Waals surface area contributed by atoms with Crippen LogP contribution in [0.4, 0.5) is 5.69 Å². The second-order valence-corrected chi connectivity index (χ2v) is 6.91. The van der Waals surface area contributed by atoms with Gasteiger partial charge in [0.05, 0.1) is 0 Å². The van der Waals surface area contributed by atoms with Crippen molar-refractivity contribution in [2.24, 2.45) is 0 Å². The van der Waals surface area contributed by atoms with E-state index in [4.69, 9.17) is 0 Å². The van der Waals surface area contributed by atoms with E-state index < -0.39 is 0 Å². The van der Waals surface area contributed by atoms with Gasteiger partial charge in [-0.25, -0.2) is 0 Å². The van der Waals surface area contributed by atoms with Gasteiger partial charge in [-0.2, -0.15) is 0 Å². The van der Waals surface area contributed by atoms with Crippen LogP contribution in [-0.4, -0.2) is 42.9 Å². The van der Waals surface area contributed by atoms with Crippen molar-refractivity contribution in [3.63, 3.8) is 0 Å². The monoisotopic (exact) mass is 365 g/mol. The molecule has 0 radical (unpaired) electrons. The molecular weight excluding hydrogens is 338 g/mol. The first kappa shape index (κ1) is 19.1. The quantitative estimate of drug-likeness (QED) is 0.738. The van der Waals surface area contributed by atoms with Crippen molar-refractivity contribution < 1.29 is 9.59 Å². The lowest BCUT2D eigenvalue weighted by molar-refractivity contribution is 0.0950. The van der Waals surface area contributed by atoms with Gasteiger partial charge in [-0.1, -0.05) is 24.6 Å². The summed E-state index contributed by atoms with van der Waals surface area (Å²) in [5.74, 6) is -0.236. The number of hydrogen-bond donors (Lipinski definition) is 2. The van der Waals surface area contributed by atoms with E-state index >= 15 is 0 Å². The molecule has 2 aromatic carbocycles. The van der Waals surface area contributed by atoms with Gasteiger partial charge >= 0.3 is 0 Å². The van der Waals surface area contributed by atoms with Crippen molar-refractivity contribution in [3.8, 4) is 0 Å². The van der Waals surface area contributed by atoms with Crippen LogP contribution in [-0.2, 0) is 0 Å². The normalized spacial score (nSPS) is 14.5. The van der Waals surface area contributed by atoms with Gasteiger partial charge in [-0.05, 0) is 75.3 Å². The van der Waals surface area contributed by atoms with Gasteiger partial charge in [0.2, 0.25) is 0 Å². The maximum absolute atomic E-state index is 12.2. The lowest BCUT2D eigenvalue weighted by Gasteiger charge is -2.26. The minimum Gasteiger partial charge on any atom is -0.352 e. The number of likely N-dealkylation sites (tertiary alicyclic amines) is 1. The molecule has 1 fully saturated rings. The van der Waals surface area contributed by atoms with E-state index in [2.05, 4.69) is 15.5 Å². The van der Waals surface area contributed by atoms with E-state index in [0.717, 1.165) is 13.0 Å². The fraction of sp³-hybridized carbons (Fsp3) is 0.364. The predicted octanol–water partition coefficient (Wildman–Crippen LogP) is 3.54. The largest absolute Gasteiger partial charge is 0.352 e. The van der Waals surface area contributed by atoms with E-state index in [0.29, 0.717) is 23.4 Å². The molecule has 1 aliphatic rings. The Bertz CT molecular complexity index is 738. The Balaban J connectivity index is 1.42. The van der Waals surface area contributed by atoms with Crippen LogP contribution < -0.4 is 10.6 Å². The van der Waals surface area contributed by atoms with E-state index in [1.54, 1.807) is 36.4 Å². The number of carbonyl (C=O) groups excluding carboxylic acids is 2. The van der Waals surface area contributed by atoms with Gasteiger partial charge in [0, 0.05) is 23.4 Å². The molecule has 142 valence electrons. The summed E-state index contributed by atoms with van der Waals surface area (Å²) >= 11 is 0. The zero-order valence-electron chi connectivity index (χ0n) is 15.6. The molecule has 27 heavy (non-hydrogen) atoms. The molecule has 0 bridgehead atoms. The third kappa shape index (κ3) is 5.93. The van der Waals surface area contributed by atoms with Crippen LogP contribution >= 0.6 is 0 Å². The van der Waals surface area contributed by atoms with E-state index in [9.17, 15) is 9.59 Å². The van der Waals surface area contributed by atoms with Gasteiger partial charge < -0.3 is 15.5 Å². The van der Waals surface area contributed by atoms with E-state index in [1.807, 2.05) is 18.2 Å². The Hall–Kier alpha value is -2.66. The molecule has 1 saturated heterocycles. The second kappa shape index (κ2) is 9.88. The van der Waals surface area contributed by atoms with Gasteiger partial charge in [0.25, 0.3) is 11.8 Å². The zero-order valence-corrected chi connectivity index (χ0v) is 15.6. The summed E-state index contributed by atoms with van der Waals surface area (Å²) in [6, 6.07) is 16.0. The summed E-state index contributed by atoms with van der Waals surface area (Å²) in [5.41, 5.74) is 1.88. The van der Waals surface area contributed by atoms with Crippen LogP contribution in [0.25, 0.3) is 0 Å². The topological polar surface area (TPSA) is 61.4 Å². The fourth-order valence-corrected chi connectivity index (χ4v) is 3.29. The lowest BCUT2D eigenvalue weighted by Crippen LogP contribution is -2.33. The number of nitrogens with one attached hydrogen (secondary N) is 2. The van der Waals surface area contributed by atoms with Gasteiger partial charge in [-0.15, -0.1) is 0 Å². The van der Waals surface area contributed by atoms with Crippen molar-refractivity contribution in [3.05, 3.63) is 65.7 Å². The first-order valence-electron chi connectivity index (χ1n) is 9.69. The molecule has 2 aromatic rings. The summed E-state index contributed by atoms with van der Waals surface area (Å²) in [5, 5.41) is 5.81. The van der Waals surface area contributed by atoms with Crippen molar-refractivity contribution in [2.45, 2.75) is 25.7 Å². The van der Waals surface area contributed by atoms with Crippen molar-refractivity contribution >= 4 is 17.5 Å². The molecule has 2 N–H and O–H groups in total. The Labute approximate surface area is 160 Å². The molecule has 0 atom stereocenters. The maximum atomic E-state index is 12.2. The summed E-state index contributed by atoms with van der Waals surface area (Å²) in [6.07, 6.45) is 4.89. The average molecular weight is 365 g/mol. The number of amides is 2. The molecule has 0 spiro atoms. The highest BCUT2D eigenvalue weighted by molar-refractivity contribution is 6.04. The number of hydrogen-bond acceptors (Lipinski definition) is 3. The molecule has 3 rings (SSSR count). The van der Waals surface area contributed by atoms with Crippen molar-refractivity contribution in [1.29, 1.82) is 0 Å². The molecule has 2 amide bonds. The van der Waals surface area contributed by atoms with Gasteiger partial charge in [0.15, 0.2) is 0 Å². The number of nitrogens with zero attached hydrogens (tertiary/aromatic N) is 1. The SMILES string of the molecule is O=C(NCCCN1CCCCC1)c1ccc(NC(=O)c2ccccc2)cc1. The standard InChI is InChI=1S/C22H27N3O2/c26-21(23-14-7-17-25-15-5-2-6-16-25)19-10-12-20(13-11-19)24-22(27)18-8-3-1-4-9-18/h1,3-4,8-13H,2,5-7,14-17H2,(H,23,26)(H,24,27). The Kier molecular flexibility index (Phi) is 6.99. The number of carbonyl (C=O) groups is 2. The number of rotatable bonds is 7. The highest BCUT2D eigenvalue weighted by Gasteiger charge is 2.10. The van der Waals surface area contributed by atoms with Gasteiger partial charge in [-0.3, -0.25) is 9.59 Å². The Morgan fingerprint density at radius 2 is 1.48 bits per heavy atom. The summed E-state index contributed by atoms with van der Waals surface area (Å²) < 4.78 is 0. The van der Waals surface area contributed by atoms with Crippen LogP contribution in [0.2, 0.25) is 0 Å². The van der Waals surface area contributed by atoms with Crippen molar-refractivity contribution in [1.82, 2.24) is 10.2 Å². The van der Waals surface area contributed by atoms with Crippen molar-refractivity contribution in [2.75, 3.05) is 31.5 Å². The first-order valence-corrected chi connectivity index (χ1v) is 9.69. The molecule has 0 saturated carbocycles.